The summed E-state index contributed by atoms with van der Waals surface area (Å²) in [6.07, 6.45) is 1.80. The molecule has 2 aromatic rings. The molecule has 0 heterocycles. The van der Waals surface area contributed by atoms with E-state index in [1.807, 2.05) is 0 Å². The molecule has 0 amide bonds. The Morgan fingerprint density at radius 3 is 2.70 bits per heavy atom. The van der Waals surface area contributed by atoms with Gasteiger partial charge in [0.2, 0.25) is 0 Å². The number of anilines is 1. The minimum absolute atomic E-state index is 0.0813. The molecular weight excluding hydrogens is 316 g/mol. The van der Waals surface area contributed by atoms with Gasteiger partial charge in [-0.2, -0.15) is 0 Å². The molecule has 4 N–H and O–H groups in total. The first-order valence-corrected chi connectivity index (χ1v) is 7.89. The van der Waals surface area contributed by atoms with Crippen LogP contribution in [0.15, 0.2) is 42.5 Å². The summed E-state index contributed by atoms with van der Waals surface area (Å²) in [6, 6.07) is 11.6. The number of carboxylic acid groups (broad SMARTS) is 1. The van der Waals surface area contributed by atoms with Crippen LogP contribution in [0.3, 0.4) is 0 Å². The third-order valence-electron chi connectivity index (χ3n) is 2.93. The largest absolute Gasteiger partial charge is 0.478 e. The summed E-state index contributed by atoms with van der Waals surface area (Å²) in [7, 11) is 0. The number of rotatable bonds is 5. The van der Waals surface area contributed by atoms with Gasteiger partial charge in [0.1, 0.15) is 22.7 Å². The number of amidine groups is 1. The van der Waals surface area contributed by atoms with Crippen LogP contribution in [0, 0.1) is 6.92 Å². The average Bonchev–Trinajstić information content (AvgIpc) is 2.49. The van der Waals surface area contributed by atoms with Gasteiger partial charge in [-0.3, -0.25) is 0 Å². The van der Waals surface area contributed by atoms with Crippen molar-refractivity contribution in [1.82, 2.24) is 0 Å². The van der Waals surface area contributed by atoms with Crippen molar-refractivity contribution in [1.29, 1.82) is 0 Å². The van der Waals surface area contributed by atoms with Crippen LogP contribution < -0.4 is 14.5 Å². The van der Waals surface area contributed by atoms with E-state index in [4.69, 9.17) is 4.18 Å². The predicted molar refractivity (Wildman–Crippen MR) is 90.6 cm³/mol. The first-order valence-electron chi connectivity index (χ1n) is 6.74. The van der Waals surface area contributed by atoms with Gasteiger partial charge in [-0.25, -0.2) is 15.1 Å². The van der Waals surface area contributed by atoms with Crippen molar-refractivity contribution in [2.45, 2.75) is 6.92 Å². The smallest absolute Gasteiger partial charge is 0.449 e. The molecular formula is C16H17N2O4S+. The van der Waals surface area contributed by atoms with Crippen LogP contribution in [-0.4, -0.2) is 28.5 Å². The van der Waals surface area contributed by atoms with Gasteiger partial charge in [0.15, 0.2) is 0 Å². The molecule has 0 aliphatic heterocycles. The fourth-order valence-corrected chi connectivity index (χ4v) is 2.26. The van der Waals surface area contributed by atoms with E-state index < -0.39 is 5.97 Å². The highest BCUT2D eigenvalue weighted by molar-refractivity contribution is 7.94. The topological polar surface area (TPSA) is 92.8 Å². The third-order valence-corrected chi connectivity index (χ3v) is 3.29. The zero-order valence-corrected chi connectivity index (χ0v) is 13.5. The highest BCUT2D eigenvalue weighted by Gasteiger charge is 2.14. The van der Waals surface area contributed by atoms with Gasteiger partial charge in [-0.15, -0.1) is 0 Å². The molecule has 120 valence electrons. The van der Waals surface area contributed by atoms with Crippen LogP contribution in [0.25, 0.3) is 0 Å². The van der Waals surface area contributed by atoms with E-state index in [0.717, 1.165) is 5.56 Å². The molecule has 0 radical (unpaired) electrons. The number of nitrogens with one attached hydrogen (secondary N) is 2. The molecule has 0 unspecified atom stereocenters. The van der Waals surface area contributed by atoms with Gasteiger partial charge in [0.25, 0.3) is 0 Å². The number of aromatic carboxylic acids is 1. The Hall–Kier alpha value is -2.67. The zero-order chi connectivity index (χ0) is 16.8. The van der Waals surface area contributed by atoms with Crippen molar-refractivity contribution in [2.24, 2.45) is 0 Å². The lowest BCUT2D eigenvalue weighted by molar-refractivity contribution is -0.365. The summed E-state index contributed by atoms with van der Waals surface area (Å²) < 4.78 is 5.30. The SMILES string of the molecule is CSOc1cccc(NC(O)=[NH+]c2ccc(C)cc2C(=O)O)c1. The van der Waals surface area contributed by atoms with Crippen molar-refractivity contribution in [3.05, 3.63) is 53.6 Å². The number of aliphatic hydroxyl groups excluding tert-OH is 1. The highest BCUT2D eigenvalue weighted by Crippen LogP contribution is 2.19. The quantitative estimate of drug-likeness (QED) is 0.380. The average molecular weight is 333 g/mol. The monoisotopic (exact) mass is 333 g/mol. The Kier molecular flexibility index (Phi) is 5.48. The fraction of sp³-hybridized carbons (Fsp3) is 0.125. The minimum atomic E-state index is -1.07. The van der Waals surface area contributed by atoms with Crippen molar-refractivity contribution in [2.75, 3.05) is 11.6 Å². The molecule has 0 aromatic heterocycles. The molecule has 0 bridgehead atoms. The van der Waals surface area contributed by atoms with E-state index in [1.54, 1.807) is 49.6 Å². The van der Waals surface area contributed by atoms with Crippen molar-refractivity contribution >= 4 is 35.4 Å². The summed E-state index contributed by atoms with van der Waals surface area (Å²) in [5, 5.41) is 22.0. The molecule has 0 saturated carbocycles. The molecule has 23 heavy (non-hydrogen) atoms. The van der Waals surface area contributed by atoms with Crippen LogP contribution in [-0.2, 0) is 0 Å². The number of carbonyl (C=O) groups is 1. The lowest BCUT2D eigenvalue weighted by Gasteiger charge is -2.03. The van der Waals surface area contributed by atoms with E-state index in [2.05, 4.69) is 10.3 Å². The molecule has 2 rings (SSSR count). The molecule has 0 aliphatic rings. The Morgan fingerprint density at radius 1 is 1.22 bits per heavy atom. The summed E-state index contributed by atoms with van der Waals surface area (Å²) in [6.45, 7) is 1.80. The second-order valence-electron chi connectivity index (χ2n) is 4.73. The first-order chi connectivity index (χ1) is 11.0. The van der Waals surface area contributed by atoms with Gasteiger partial charge in [-0.1, -0.05) is 12.1 Å². The van der Waals surface area contributed by atoms with Gasteiger partial charge < -0.3 is 14.4 Å². The number of hydrogen-bond acceptors (Lipinski definition) is 3. The van der Waals surface area contributed by atoms with Crippen LogP contribution in [0.2, 0.25) is 0 Å². The predicted octanol–water partition coefficient (Wildman–Crippen LogP) is 2.09. The maximum atomic E-state index is 11.3. The lowest BCUT2D eigenvalue weighted by Crippen LogP contribution is -2.69. The van der Waals surface area contributed by atoms with Crippen LogP contribution in [0.5, 0.6) is 5.75 Å². The maximum Gasteiger partial charge on any atom is 0.449 e. The van der Waals surface area contributed by atoms with Crippen LogP contribution >= 0.6 is 12.0 Å². The van der Waals surface area contributed by atoms with E-state index in [-0.39, 0.29) is 11.6 Å². The maximum absolute atomic E-state index is 11.3. The molecule has 7 heteroatoms. The second-order valence-corrected chi connectivity index (χ2v) is 5.23. The van der Waals surface area contributed by atoms with Gasteiger partial charge in [0, 0.05) is 12.3 Å². The van der Waals surface area contributed by atoms with E-state index in [9.17, 15) is 15.0 Å². The van der Waals surface area contributed by atoms with Crippen molar-refractivity contribution in [3.63, 3.8) is 0 Å². The van der Waals surface area contributed by atoms with E-state index in [1.165, 1.54) is 18.1 Å². The Morgan fingerprint density at radius 2 is 2.00 bits per heavy atom. The molecule has 0 atom stereocenters. The summed E-state index contributed by atoms with van der Waals surface area (Å²) in [4.78, 5) is 13.9. The zero-order valence-electron chi connectivity index (χ0n) is 12.7. The molecule has 0 fully saturated rings. The molecule has 0 aliphatic carbocycles. The second kappa shape index (κ2) is 7.55. The minimum Gasteiger partial charge on any atom is -0.478 e. The van der Waals surface area contributed by atoms with Crippen molar-refractivity contribution < 1.29 is 24.2 Å². The number of aliphatic hydroxyl groups is 1. The van der Waals surface area contributed by atoms with Gasteiger partial charge in [0.05, 0.1) is 12.0 Å². The Labute approximate surface area is 138 Å². The van der Waals surface area contributed by atoms with Crippen LogP contribution in [0.1, 0.15) is 15.9 Å². The number of carboxylic acids is 1. The lowest BCUT2D eigenvalue weighted by atomic mass is 10.1. The normalized spacial score (nSPS) is 11.1. The van der Waals surface area contributed by atoms with Crippen molar-refractivity contribution in [3.8, 4) is 5.75 Å². The molecule has 6 nitrogen and oxygen atoms in total. The van der Waals surface area contributed by atoms with Gasteiger partial charge >= 0.3 is 12.0 Å². The highest BCUT2D eigenvalue weighted by atomic mass is 32.2. The number of hydrogen-bond donors (Lipinski definition) is 4. The molecule has 2 aromatic carbocycles. The molecule has 0 spiro atoms. The van der Waals surface area contributed by atoms with Gasteiger partial charge in [-0.05, 0) is 36.8 Å². The fourth-order valence-electron chi connectivity index (χ4n) is 1.96. The first kappa shape index (κ1) is 16.7. The standard InChI is InChI=1S/C16H16N2O4S/c1-10-6-7-14(13(8-10)15(19)20)18-16(21)17-11-4-3-5-12(9-11)22-23-2/h3-9H,1-2H3,(H,19,20)(H2,17,18,21)/p+1. The Balaban J connectivity index is 2.23. The van der Waals surface area contributed by atoms with Crippen LogP contribution in [0.4, 0.5) is 11.4 Å². The number of benzene rings is 2. The summed E-state index contributed by atoms with van der Waals surface area (Å²) >= 11 is 1.21. The summed E-state index contributed by atoms with van der Waals surface area (Å²) in [5.41, 5.74) is 1.80. The van der Waals surface area contributed by atoms with E-state index in [0.29, 0.717) is 17.1 Å². The third kappa shape index (κ3) is 4.65. The van der Waals surface area contributed by atoms with E-state index >= 15 is 0 Å². The number of aryl methyl sites for hydroxylation is 1. The molecule has 0 saturated heterocycles. The summed E-state index contributed by atoms with van der Waals surface area (Å²) in [5.74, 6) is -0.434. The Bertz CT molecular complexity index is 747.